The molecule has 0 atom stereocenters. The number of amides is 1. The molecule has 0 unspecified atom stereocenters. The summed E-state index contributed by atoms with van der Waals surface area (Å²) in [4.78, 5) is 19.7. The molecule has 1 amide bonds. The zero-order chi connectivity index (χ0) is 13.8. The molecule has 5 nitrogen and oxygen atoms in total. The van der Waals surface area contributed by atoms with E-state index in [0.29, 0.717) is 17.8 Å². The molecule has 0 bridgehead atoms. The van der Waals surface area contributed by atoms with Gasteiger partial charge in [0.15, 0.2) is 0 Å². The van der Waals surface area contributed by atoms with Crippen molar-refractivity contribution < 1.29 is 4.79 Å². The normalized spacial score (nSPS) is 10.2. The van der Waals surface area contributed by atoms with Gasteiger partial charge in [-0.3, -0.25) is 4.79 Å². The Hall–Kier alpha value is -1.85. The number of hydrogen-bond acceptors (Lipinski definition) is 4. The topological polar surface area (TPSA) is 80.9 Å². The van der Waals surface area contributed by atoms with Crippen LogP contribution in [0.5, 0.6) is 0 Å². The largest absolute Gasteiger partial charge is 0.397 e. The van der Waals surface area contributed by atoms with Crippen LogP contribution >= 0.6 is 23.2 Å². The number of hydrogen-bond donors (Lipinski definition) is 2. The van der Waals surface area contributed by atoms with E-state index in [1.165, 1.54) is 18.5 Å². The van der Waals surface area contributed by atoms with Crippen molar-refractivity contribution in [2.75, 3.05) is 5.73 Å². The predicted molar refractivity (Wildman–Crippen MR) is 74.1 cm³/mol. The van der Waals surface area contributed by atoms with Crippen molar-refractivity contribution in [3.8, 4) is 0 Å². The molecule has 1 aromatic carbocycles. The van der Waals surface area contributed by atoms with E-state index < -0.39 is 0 Å². The Morgan fingerprint density at radius 3 is 2.79 bits per heavy atom. The molecular weight excluding hydrogens is 287 g/mol. The fraction of sp³-hybridized carbons (Fsp3) is 0.0833. The second-order valence-electron chi connectivity index (χ2n) is 3.74. The van der Waals surface area contributed by atoms with Crippen molar-refractivity contribution in [1.82, 2.24) is 15.3 Å². The van der Waals surface area contributed by atoms with Crippen LogP contribution in [0, 0.1) is 0 Å². The van der Waals surface area contributed by atoms with E-state index in [2.05, 4.69) is 15.3 Å². The fourth-order valence-electron chi connectivity index (χ4n) is 1.44. The van der Waals surface area contributed by atoms with Crippen LogP contribution in [0.2, 0.25) is 10.0 Å². The maximum atomic E-state index is 11.9. The van der Waals surface area contributed by atoms with Crippen LogP contribution in [0.15, 0.2) is 30.7 Å². The Balaban J connectivity index is 2.08. The Morgan fingerprint density at radius 2 is 2.16 bits per heavy atom. The van der Waals surface area contributed by atoms with Crippen molar-refractivity contribution in [1.29, 1.82) is 0 Å². The number of aromatic nitrogens is 2. The lowest BCUT2D eigenvalue weighted by atomic mass is 10.2. The van der Waals surface area contributed by atoms with E-state index in [1.54, 1.807) is 12.3 Å². The van der Waals surface area contributed by atoms with Crippen LogP contribution in [0.1, 0.15) is 16.1 Å². The maximum absolute atomic E-state index is 11.9. The average Bonchev–Trinajstić information content (AvgIpc) is 2.42. The van der Waals surface area contributed by atoms with Crippen molar-refractivity contribution in [2.24, 2.45) is 0 Å². The summed E-state index contributed by atoms with van der Waals surface area (Å²) in [5.41, 5.74) is 6.97. The van der Waals surface area contributed by atoms with Gasteiger partial charge in [-0.05, 0) is 18.2 Å². The van der Waals surface area contributed by atoms with Gasteiger partial charge in [0.05, 0.1) is 28.0 Å². The van der Waals surface area contributed by atoms with Gasteiger partial charge in [-0.25, -0.2) is 9.97 Å². The van der Waals surface area contributed by atoms with Gasteiger partial charge in [0.2, 0.25) is 0 Å². The molecule has 0 aliphatic rings. The smallest absolute Gasteiger partial charge is 0.251 e. The first-order valence-electron chi connectivity index (χ1n) is 5.35. The summed E-state index contributed by atoms with van der Waals surface area (Å²) in [5.74, 6) is -0.302. The van der Waals surface area contributed by atoms with Gasteiger partial charge in [-0.15, -0.1) is 0 Å². The highest BCUT2D eigenvalue weighted by molar-refractivity contribution is 6.43. The second-order valence-corrected chi connectivity index (χ2v) is 4.53. The summed E-state index contributed by atoms with van der Waals surface area (Å²) in [6, 6.07) is 4.66. The second kappa shape index (κ2) is 5.86. The minimum absolute atomic E-state index is 0.244. The van der Waals surface area contributed by atoms with E-state index in [1.807, 2.05) is 0 Å². The van der Waals surface area contributed by atoms with Gasteiger partial charge in [0.1, 0.15) is 6.33 Å². The molecule has 2 aromatic rings. The SMILES string of the molecule is Nc1cc(C(=O)NCc2ccncn2)cc(Cl)c1Cl. The molecule has 1 heterocycles. The maximum Gasteiger partial charge on any atom is 0.251 e. The van der Waals surface area contributed by atoms with Gasteiger partial charge in [0.25, 0.3) is 5.91 Å². The van der Waals surface area contributed by atoms with E-state index in [0.717, 1.165) is 0 Å². The molecule has 0 fully saturated rings. The number of anilines is 1. The number of carbonyl (C=O) groups is 1. The summed E-state index contributed by atoms with van der Waals surface area (Å²) >= 11 is 11.7. The highest BCUT2D eigenvalue weighted by Gasteiger charge is 2.11. The third-order valence-electron chi connectivity index (χ3n) is 2.39. The van der Waals surface area contributed by atoms with E-state index in [-0.39, 0.29) is 21.6 Å². The first kappa shape index (κ1) is 13.6. The number of nitrogen functional groups attached to an aromatic ring is 1. The summed E-state index contributed by atoms with van der Waals surface area (Å²) < 4.78 is 0. The van der Waals surface area contributed by atoms with Gasteiger partial charge < -0.3 is 11.1 Å². The number of carbonyl (C=O) groups excluding carboxylic acids is 1. The third-order valence-corrected chi connectivity index (χ3v) is 3.21. The van der Waals surface area contributed by atoms with E-state index in [4.69, 9.17) is 28.9 Å². The standard InChI is InChI=1S/C12H10Cl2N4O/c13-9-3-7(4-10(15)11(9)14)12(19)17-5-8-1-2-16-6-18-8/h1-4,6H,5,15H2,(H,17,19). The van der Waals surface area contributed by atoms with Gasteiger partial charge in [-0.2, -0.15) is 0 Å². The molecule has 1 aromatic heterocycles. The predicted octanol–water partition coefficient (Wildman–Crippen LogP) is 2.30. The summed E-state index contributed by atoms with van der Waals surface area (Å²) in [5, 5.41) is 3.19. The van der Waals surface area contributed by atoms with Crippen LogP contribution < -0.4 is 11.1 Å². The molecular formula is C12H10Cl2N4O. The van der Waals surface area contributed by atoms with Crippen molar-refractivity contribution >= 4 is 34.8 Å². The zero-order valence-electron chi connectivity index (χ0n) is 9.73. The molecule has 7 heteroatoms. The Kier molecular flexibility index (Phi) is 4.19. The average molecular weight is 297 g/mol. The Bertz CT molecular complexity index is 581. The number of rotatable bonds is 3. The van der Waals surface area contributed by atoms with Crippen molar-refractivity contribution in [3.63, 3.8) is 0 Å². The highest BCUT2D eigenvalue weighted by Crippen LogP contribution is 2.29. The molecule has 3 N–H and O–H groups in total. The summed E-state index contributed by atoms with van der Waals surface area (Å²) in [6.45, 7) is 0.293. The first-order chi connectivity index (χ1) is 9.08. The monoisotopic (exact) mass is 296 g/mol. The van der Waals surface area contributed by atoms with Crippen molar-refractivity contribution in [2.45, 2.75) is 6.54 Å². The number of nitrogens with zero attached hydrogens (tertiary/aromatic N) is 2. The van der Waals surface area contributed by atoms with E-state index in [9.17, 15) is 4.79 Å². The number of nitrogens with two attached hydrogens (primary N) is 1. The fourth-order valence-corrected chi connectivity index (χ4v) is 1.77. The zero-order valence-corrected chi connectivity index (χ0v) is 11.2. The lowest BCUT2D eigenvalue weighted by Gasteiger charge is -2.07. The number of nitrogens with one attached hydrogen (secondary N) is 1. The first-order valence-corrected chi connectivity index (χ1v) is 6.11. The van der Waals surface area contributed by atoms with Crippen LogP contribution in [0.3, 0.4) is 0 Å². The highest BCUT2D eigenvalue weighted by atomic mass is 35.5. The van der Waals surface area contributed by atoms with Crippen LogP contribution in [-0.2, 0) is 6.54 Å². The lowest BCUT2D eigenvalue weighted by Crippen LogP contribution is -2.23. The molecule has 98 valence electrons. The Labute approximate surface area is 119 Å². The minimum atomic E-state index is -0.302. The third kappa shape index (κ3) is 3.33. The number of halogens is 2. The van der Waals surface area contributed by atoms with Gasteiger partial charge in [-0.1, -0.05) is 23.2 Å². The molecule has 0 radical (unpaired) electrons. The molecule has 0 saturated carbocycles. The minimum Gasteiger partial charge on any atom is -0.397 e. The summed E-state index contributed by atoms with van der Waals surface area (Å²) in [7, 11) is 0. The van der Waals surface area contributed by atoms with Gasteiger partial charge >= 0.3 is 0 Å². The number of benzene rings is 1. The summed E-state index contributed by atoms with van der Waals surface area (Å²) in [6.07, 6.45) is 3.02. The molecule has 0 saturated heterocycles. The lowest BCUT2D eigenvalue weighted by molar-refractivity contribution is 0.0950. The molecule has 0 spiro atoms. The van der Waals surface area contributed by atoms with Crippen molar-refractivity contribution in [3.05, 3.63) is 52.0 Å². The quantitative estimate of drug-likeness (QED) is 0.852. The molecule has 2 rings (SSSR count). The van der Waals surface area contributed by atoms with Gasteiger partial charge in [0, 0.05) is 11.8 Å². The van der Waals surface area contributed by atoms with Crippen LogP contribution in [-0.4, -0.2) is 15.9 Å². The van der Waals surface area contributed by atoms with E-state index >= 15 is 0 Å². The van der Waals surface area contributed by atoms with Crippen LogP contribution in [0.25, 0.3) is 0 Å². The molecule has 0 aliphatic heterocycles. The van der Waals surface area contributed by atoms with Crippen LogP contribution in [0.4, 0.5) is 5.69 Å². The molecule has 19 heavy (non-hydrogen) atoms. The molecule has 0 aliphatic carbocycles. The Morgan fingerprint density at radius 1 is 1.37 bits per heavy atom.